The molecule has 1 heterocycles. The lowest BCUT2D eigenvalue weighted by molar-refractivity contribution is -0.216. The van der Waals surface area contributed by atoms with Crippen LogP contribution in [0.25, 0.3) is 0 Å². The van der Waals surface area contributed by atoms with Gasteiger partial charge in [0.15, 0.2) is 0 Å². The van der Waals surface area contributed by atoms with Crippen molar-refractivity contribution in [3.05, 3.63) is 34.9 Å². The van der Waals surface area contributed by atoms with Gasteiger partial charge in [-0.3, -0.25) is 0 Å². The fourth-order valence-corrected chi connectivity index (χ4v) is 3.22. The predicted molar refractivity (Wildman–Crippen MR) is 88.4 cm³/mol. The molecule has 1 N–H and O–H groups in total. The molecule has 2 rings (SSSR count). The van der Waals surface area contributed by atoms with E-state index in [0.29, 0.717) is 0 Å². The Bertz CT molecular complexity index is 600. The standard InChI is InChI=1S/C17H25NOS/c1-16(2)14-9-8-13(10-11-20(5,6)7)12-15(14)17(3,4)18(16)19/h8-9,12,19H,1-7H3. The highest BCUT2D eigenvalue weighted by Crippen LogP contribution is 2.48. The monoisotopic (exact) mass is 291 g/mol. The zero-order valence-corrected chi connectivity index (χ0v) is 14.4. The maximum absolute atomic E-state index is 10.5. The molecule has 0 fully saturated rings. The van der Waals surface area contributed by atoms with Gasteiger partial charge in [-0.1, -0.05) is 12.0 Å². The molecule has 3 heteroatoms. The summed E-state index contributed by atoms with van der Waals surface area (Å²) in [4.78, 5) is 0. The van der Waals surface area contributed by atoms with Crippen LogP contribution in [-0.4, -0.2) is 29.0 Å². The summed E-state index contributed by atoms with van der Waals surface area (Å²) in [5, 5.41) is 15.3. The van der Waals surface area contributed by atoms with Gasteiger partial charge in [0.1, 0.15) is 0 Å². The Morgan fingerprint density at radius 1 is 1.00 bits per heavy atom. The Balaban J connectivity index is 2.53. The first-order chi connectivity index (χ1) is 8.96. The summed E-state index contributed by atoms with van der Waals surface area (Å²) in [6, 6.07) is 6.30. The third kappa shape index (κ3) is 2.48. The maximum Gasteiger partial charge on any atom is 0.0666 e. The van der Waals surface area contributed by atoms with Gasteiger partial charge in [0, 0.05) is 5.56 Å². The van der Waals surface area contributed by atoms with Crippen LogP contribution in [0.2, 0.25) is 0 Å². The number of hydrogen-bond acceptors (Lipinski definition) is 2. The Labute approximate surface area is 124 Å². The first-order valence-electron chi connectivity index (χ1n) is 6.81. The van der Waals surface area contributed by atoms with E-state index in [1.807, 2.05) is 27.7 Å². The van der Waals surface area contributed by atoms with Crippen LogP contribution in [0, 0.1) is 11.2 Å². The summed E-state index contributed by atoms with van der Waals surface area (Å²) < 4.78 is 0. The summed E-state index contributed by atoms with van der Waals surface area (Å²) in [6.45, 7) is 8.19. The summed E-state index contributed by atoms with van der Waals surface area (Å²) in [7, 11) is -0.820. The van der Waals surface area contributed by atoms with Gasteiger partial charge in [-0.15, -0.1) is 0 Å². The van der Waals surface area contributed by atoms with Crippen molar-refractivity contribution in [3.63, 3.8) is 0 Å². The molecule has 110 valence electrons. The van der Waals surface area contributed by atoms with E-state index < -0.39 is 10.0 Å². The van der Waals surface area contributed by atoms with Gasteiger partial charge in [0.05, 0.1) is 11.1 Å². The lowest BCUT2D eigenvalue weighted by Gasteiger charge is -2.34. The molecule has 0 atom stereocenters. The minimum Gasteiger partial charge on any atom is -0.312 e. The molecular weight excluding hydrogens is 266 g/mol. The minimum absolute atomic E-state index is 0.361. The number of benzene rings is 1. The van der Waals surface area contributed by atoms with Gasteiger partial charge in [-0.05, 0) is 75.0 Å². The van der Waals surface area contributed by atoms with E-state index in [1.54, 1.807) is 0 Å². The van der Waals surface area contributed by atoms with Crippen LogP contribution in [0.1, 0.15) is 44.4 Å². The van der Waals surface area contributed by atoms with E-state index in [9.17, 15) is 5.21 Å². The molecule has 1 aliphatic heterocycles. The van der Waals surface area contributed by atoms with Crippen molar-refractivity contribution in [3.8, 4) is 11.2 Å². The second kappa shape index (κ2) is 4.53. The van der Waals surface area contributed by atoms with E-state index in [0.717, 1.165) is 5.56 Å². The van der Waals surface area contributed by atoms with Crippen molar-refractivity contribution in [2.75, 3.05) is 18.8 Å². The van der Waals surface area contributed by atoms with Gasteiger partial charge in [0.2, 0.25) is 0 Å². The van der Waals surface area contributed by atoms with E-state index in [-0.39, 0.29) is 11.1 Å². The number of hydrogen-bond donors (Lipinski definition) is 1. The van der Waals surface area contributed by atoms with Crippen LogP contribution in [0.4, 0.5) is 0 Å². The van der Waals surface area contributed by atoms with E-state index >= 15 is 0 Å². The first kappa shape index (κ1) is 15.4. The molecule has 2 nitrogen and oxygen atoms in total. The molecule has 0 amide bonds. The molecule has 0 saturated heterocycles. The topological polar surface area (TPSA) is 23.5 Å². The van der Waals surface area contributed by atoms with E-state index in [4.69, 9.17) is 0 Å². The molecule has 0 bridgehead atoms. The highest BCUT2D eigenvalue weighted by Gasteiger charge is 2.48. The molecule has 0 aliphatic carbocycles. The molecule has 1 aromatic carbocycles. The fraction of sp³-hybridized carbons (Fsp3) is 0.529. The molecule has 0 spiro atoms. The number of fused-ring (bicyclic) bond motifs is 1. The Morgan fingerprint density at radius 2 is 1.55 bits per heavy atom. The Hall–Kier alpha value is -0.950. The molecule has 0 radical (unpaired) electrons. The summed E-state index contributed by atoms with van der Waals surface area (Å²) in [5.74, 6) is 3.28. The molecule has 0 saturated carbocycles. The first-order valence-corrected chi connectivity index (χ1v) is 9.67. The SMILES string of the molecule is CC1(C)c2ccc(C#CS(C)(C)C)cc2C(C)(C)N1O. The van der Waals surface area contributed by atoms with Crippen LogP contribution in [0.15, 0.2) is 18.2 Å². The average molecular weight is 291 g/mol. The number of rotatable bonds is 0. The van der Waals surface area contributed by atoms with Gasteiger partial charge in [-0.2, -0.15) is 15.1 Å². The molecule has 0 unspecified atom stereocenters. The van der Waals surface area contributed by atoms with Crippen molar-refractivity contribution < 1.29 is 5.21 Å². The van der Waals surface area contributed by atoms with Crippen LogP contribution in [0.3, 0.4) is 0 Å². The largest absolute Gasteiger partial charge is 0.312 e. The van der Waals surface area contributed by atoms with Crippen molar-refractivity contribution in [2.24, 2.45) is 0 Å². The zero-order valence-electron chi connectivity index (χ0n) is 13.5. The molecule has 0 aromatic heterocycles. The van der Waals surface area contributed by atoms with Gasteiger partial charge < -0.3 is 5.21 Å². The van der Waals surface area contributed by atoms with Gasteiger partial charge >= 0.3 is 0 Å². The number of hydroxylamine groups is 2. The Morgan fingerprint density at radius 3 is 2.10 bits per heavy atom. The average Bonchev–Trinajstić information content (AvgIpc) is 2.45. The third-order valence-corrected chi connectivity index (χ3v) is 4.61. The lowest BCUT2D eigenvalue weighted by atomic mass is 9.89. The smallest absolute Gasteiger partial charge is 0.0666 e. The van der Waals surface area contributed by atoms with Gasteiger partial charge in [-0.25, -0.2) is 0 Å². The summed E-state index contributed by atoms with van der Waals surface area (Å²) >= 11 is 0. The van der Waals surface area contributed by atoms with Crippen molar-refractivity contribution >= 4 is 10.0 Å². The quantitative estimate of drug-likeness (QED) is 0.734. The summed E-state index contributed by atoms with van der Waals surface area (Å²) in [5.41, 5.74) is 2.63. The van der Waals surface area contributed by atoms with Crippen LogP contribution in [-0.2, 0) is 11.1 Å². The second-order valence-corrected chi connectivity index (χ2v) is 11.1. The number of nitrogens with zero attached hydrogens (tertiary/aromatic N) is 1. The van der Waals surface area contributed by atoms with Crippen LogP contribution >= 0.6 is 10.0 Å². The van der Waals surface area contributed by atoms with Crippen molar-refractivity contribution in [2.45, 2.75) is 38.8 Å². The van der Waals surface area contributed by atoms with Gasteiger partial charge in [0.25, 0.3) is 0 Å². The molecular formula is C17H25NOS. The second-order valence-electron chi connectivity index (χ2n) is 7.25. The predicted octanol–water partition coefficient (Wildman–Crippen LogP) is 3.86. The van der Waals surface area contributed by atoms with E-state index in [2.05, 4.69) is 48.1 Å². The normalized spacial score (nSPS) is 21.0. The maximum atomic E-state index is 10.5. The van der Waals surface area contributed by atoms with Crippen LogP contribution < -0.4 is 0 Å². The third-order valence-electron chi connectivity index (χ3n) is 3.90. The zero-order chi connectivity index (χ0) is 15.3. The molecule has 1 aliphatic rings. The molecule has 20 heavy (non-hydrogen) atoms. The lowest BCUT2D eigenvalue weighted by Crippen LogP contribution is -2.42. The summed E-state index contributed by atoms with van der Waals surface area (Å²) in [6.07, 6.45) is 6.57. The van der Waals surface area contributed by atoms with Crippen molar-refractivity contribution in [1.82, 2.24) is 5.06 Å². The van der Waals surface area contributed by atoms with Crippen LogP contribution in [0.5, 0.6) is 0 Å². The Kier molecular flexibility index (Phi) is 3.49. The van der Waals surface area contributed by atoms with E-state index in [1.165, 1.54) is 16.2 Å². The fourth-order valence-electron chi connectivity index (χ4n) is 2.80. The highest BCUT2D eigenvalue weighted by molar-refractivity contribution is 8.35. The van der Waals surface area contributed by atoms with Crippen molar-refractivity contribution in [1.29, 1.82) is 0 Å². The minimum atomic E-state index is -0.820. The molecule has 1 aromatic rings. The highest BCUT2D eigenvalue weighted by atomic mass is 32.3.